The minimum Gasteiger partial charge on any atom is -0.450 e. The summed E-state index contributed by atoms with van der Waals surface area (Å²) >= 11 is 0. The van der Waals surface area contributed by atoms with E-state index < -0.39 is 5.92 Å². The van der Waals surface area contributed by atoms with Gasteiger partial charge in [0.2, 0.25) is 5.92 Å². The molecule has 0 bridgehead atoms. The van der Waals surface area contributed by atoms with Crippen LogP contribution >= 0.6 is 0 Å². The molecule has 1 fully saturated rings. The molecule has 4 aromatic heterocycles. The number of fused-ring (bicyclic) bond motifs is 3. The number of carbonyl (C=O) groups excluding carboxylic acids is 1. The minimum absolute atomic E-state index is 0.130. The molecule has 0 aliphatic heterocycles. The van der Waals surface area contributed by atoms with Crippen molar-refractivity contribution in [1.82, 2.24) is 19.5 Å². The molecule has 138 valence electrons. The predicted octanol–water partition coefficient (Wildman–Crippen LogP) is 4.74. The zero-order chi connectivity index (χ0) is 18.6. The molecule has 0 atom stereocenters. The number of pyridine rings is 1. The fraction of sp³-hybridized carbons (Fsp3) is 0.316. The van der Waals surface area contributed by atoms with Gasteiger partial charge < -0.3 is 14.0 Å². The largest absolute Gasteiger partial charge is 0.450 e. The van der Waals surface area contributed by atoms with Crippen LogP contribution < -0.4 is 0 Å². The van der Waals surface area contributed by atoms with E-state index in [0.29, 0.717) is 41.9 Å². The third-order valence-corrected chi connectivity index (χ3v) is 5.25. The summed E-state index contributed by atoms with van der Waals surface area (Å²) in [6.45, 7) is 0. The van der Waals surface area contributed by atoms with Crippen molar-refractivity contribution in [3.8, 4) is 11.6 Å². The third-order valence-electron chi connectivity index (χ3n) is 5.25. The summed E-state index contributed by atoms with van der Waals surface area (Å²) in [7, 11) is 0. The lowest BCUT2D eigenvalue weighted by molar-refractivity contribution is -0.0435. The van der Waals surface area contributed by atoms with Crippen molar-refractivity contribution in [1.29, 1.82) is 0 Å². The number of aromatic nitrogens is 4. The Bertz CT molecular complexity index is 1150. The number of nitrogens with zero attached hydrogens (tertiary/aromatic N) is 3. The van der Waals surface area contributed by atoms with Crippen molar-refractivity contribution in [2.75, 3.05) is 0 Å². The molecule has 4 heterocycles. The van der Waals surface area contributed by atoms with Gasteiger partial charge in [-0.05, 0) is 31.0 Å². The van der Waals surface area contributed by atoms with Crippen LogP contribution in [0.15, 0.2) is 35.0 Å². The van der Waals surface area contributed by atoms with E-state index in [4.69, 9.17) is 4.42 Å². The van der Waals surface area contributed by atoms with E-state index in [1.165, 1.54) is 0 Å². The average Bonchev–Trinajstić information content (AvgIpc) is 3.38. The van der Waals surface area contributed by atoms with Crippen LogP contribution in [0.25, 0.3) is 33.7 Å². The third kappa shape index (κ3) is 2.55. The zero-order valence-electron chi connectivity index (χ0n) is 14.3. The van der Waals surface area contributed by atoms with Gasteiger partial charge in [0, 0.05) is 30.5 Å². The number of hydrogen-bond donors (Lipinski definition) is 1. The van der Waals surface area contributed by atoms with E-state index in [0.717, 1.165) is 10.9 Å². The highest BCUT2D eigenvalue weighted by Gasteiger charge is 2.37. The Balaban J connectivity index is 1.75. The number of hydrogen-bond acceptors (Lipinski definition) is 4. The van der Waals surface area contributed by atoms with Gasteiger partial charge in [0.1, 0.15) is 11.2 Å². The molecule has 1 aliphatic carbocycles. The number of nitrogens with one attached hydrogen (secondary N) is 1. The maximum Gasteiger partial charge on any atom is 0.248 e. The molecule has 1 N–H and O–H groups in total. The fourth-order valence-electron chi connectivity index (χ4n) is 3.94. The molecular formula is C19H16F2N4O2. The normalized spacial score (nSPS) is 17.7. The first kappa shape index (κ1) is 16.2. The van der Waals surface area contributed by atoms with Gasteiger partial charge in [-0.2, -0.15) is 0 Å². The summed E-state index contributed by atoms with van der Waals surface area (Å²) in [5, 5.41) is 0.880. The number of imidazole rings is 1. The minimum atomic E-state index is -2.62. The number of H-pyrrole nitrogens is 1. The van der Waals surface area contributed by atoms with E-state index in [-0.39, 0.29) is 24.6 Å². The Kier molecular flexibility index (Phi) is 3.43. The summed E-state index contributed by atoms with van der Waals surface area (Å²) in [6.07, 6.45) is 4.47. The molecule has 0 spiro atoms. The number of halogens is 2. The first-order valence-corrected chi connectivity index (χ1v) is 8.83. The highest BCUT2D eigenvalue weighted by atomic mass is 19.3. The van der Waals surface area contributed by atoms with Gasteiger partial charge in [0.15, 0.2) is 23.6 Å². The number of rotatable bonds is 3. The standard InChI is InChI=1S/C19H16F2N4O2/c20-19(21)6-3-11(4-7-19)25-16-13-5-8-22-17(13)23-9-14(16)24-18(25)15-2-1-12(10-26)27-15/h1-2,5,8-11H,3-4,6-7H2,(H,22,23). The highest BCUT2D eigenvalue weighted by Crippen LogP contribution is 2.42. The molecule has 0 amide bonds. The van der Waals surface area contributed by atoms with Crippen molar-refractivity contribution < 1.29 is 18.0 Å². The van der Waals surface area contributed by atoms with Crippen LogP contribution in [0.1, 0.15) is 42.3 Å². The summed E-state index contributed by atoms with van der Waals surface area (Å²) < 4.78 is 35.0. The van der Waals surface area contributed by atoms with Crippen LogP contribution in [-0.2, 0) is 0 Å². The maximum absolute atomic E-state index is 13.7. The van der Waals surface area contributed by atoms with E-state index in [2.05, 4.69) is 15.0 Å². The fourth-order valence-corrected chi connectivity index (χ4v) is 3.94. The van der Waals surface area contributed by atoms with Crippen LogP contribution in [0.2, 0.25) is 0 Å². The van der Waals surface area contributed by atoms with Crippen molar-refractivity contribution in [2.45, 2.75) is 37.6 Å². The monoisotopic (exact) mass is 370 g/mol. The first-order valence-electron chi connectivity index (χ1n) is 8.83. The quantitative estimate of drug-likeness (QED) is 0.529. The Labute approximate surface area is 152 Å². The lowest BCUT2D eigenvalue weighted by Crippen LogP contribution is -2.26. The molecular weight excluding hydrogens is 354 g/mol. The van der Waals surface area contributed by atoms with Crippen LogP contribution in [0.5, 0.6) is 0 Å². The van der Waals surface area contributed by atoms with Crippen LogP contribution in [-0.4, -0.2) is 31.7 Å². The molecule has 5 rings (SSSR count). The van der Waals surface area contributed by atoms with Crippen molar-refractivity contribution in [3.63, 3.8) is 0 Å². The van der Waals surface area contributed by atoms with Gasteiger partial charge in [-0.15, -0.1) is 0 Å². The lowest BCUT2D eigenvalue weighted by atomic mass is 9.91. The molecule has 0 unspecified atom stereocenters. The molecule has 6 nitrogen and oxygen atoms in total. The number of furan rings is 1. The van der Waals surface area contributed by atoms with Gasteiger partial charge in [-0.3, -0.25) is 4.79 Å². The summed E-state index contributed by atoms with van der Waals surface area (Å²) in [5.74, 6) is -1.45. The molecule has 27 heavy (non-hydrogen) atoms. The molecule has 4 aromatic rings. The number of alkyl halides is 2. The summed E-state index contributed by atoms with van der Waals surface area (Å²) in [6, 6.07) is 5.03. The van der Waals surface area contributed by atoms with Crippen molar-refractivity contribution >= 4 is 28.4 Å². The number of aldehydes is 1. The molecule has 1 aliphatic rings. The molecule has 8 heteroatoms. The Morgan fingerprint density at radius 2 is 2.07 bits per heavy atom. The molecule has 0 radical (unpaired) electrons. The second kappa shape index (κ2) is 5.73. The average molecular weight is 370 g/mol. The van der Waals surface area contributed by atoms with Crippen LogP contribution in [0, 0.1) is 0 Å². The van der Waals surface area contributed by atoms with Crippen molar-refractivity contribution in [2.24, 2.45) is 0 Å². The Morgan fingerprint density at radius 1 is 1.26 bits per heavy atom. The van der Waals surface area contributed by atoms with Gasteiger partial charge in [-0.25, -0.2) is 18.7 Å². The number of carbonyl (C=O) groups is 1. The van der Waals surface area contributed by atoms with Crippen LogP contribution in [0.4, 0.5) is 8.78 Å². The van der Waals surface area contributed by atoms with E-state index in [1.807, 2.05) is 10.6 Å². The molecule has 0 saturated heterocycles. The highest BCUT2D eigenvalue weighted by molar-refractivity contribution is 6.02. The zero-order valence-corrected chi connectivity index (χ0v) is 14.3. The lowest BCUT2D eigenvalue weighted by Gasteiger charge is -2.30. The Hall–Kier alpha value is -3.03. The second-order valence-corrected chi connectivity index (χ2v) is 6.94. The molecule has 1 saturated carbocycles. The van der Waals surface area contributed by atoms with Gasteiger partial charge in [0.05, 0.1) is 11.7 Å². The predicted molar refractivity (Wildman–Crippen MR) is 94.9 cm³/mol. The summed E-state index contributed by atoms with van der Waals surface area (Å²) in [5.41, 5.74) is 2.22. The smallest absolute Gasteiger partial charge is 0.248 e. The SMILES string of the molecule is O=Cc1ccc(-c2nc3cnc4[nH]ccc4c3n2C2CCC(F)(F)CC2)o1. The Morgan fingerprint density at radius 3 is 2.81 bits per heavy atom. The van der Waals surface area contributed by atoms with Gasteiger partial charge in [-0.1, -0.05) is 0 Å². The first-order chi connectivity index (χ1) is 13.1. The second-order valence-electron chi connectivity index (χ2n) is 6.94. The van der Waals surface area contributed by atoms with E-state index >= 15 is 0 Å². The molecule has 0 aromatic carbocycles. The summed E-state index contributed by atoms with van der Waals surface area (Å²) in [4.78, 5) is 23.1. The van der Waals surface area contributed by atoms with Crippen LogP contribution in [0.3, 0.4) is 0 Å². The van der Waals surface area contributed by atoms with E-state index in [1.54, 1.807) is 24.5 Å². The van der Waals surface area contributed by atoms with Crippen molar-refractivity contribution in [3.05, 3.63) is 36.4 Å². The topological polar surface area (TPSA) is 76.7 Å². The van der Waals surface area contributed by atoms with Gasteiger partial charge in [0.25, 0.3) is 0 Å². The number of aromatic amines is 1. The van der Waals surface area contributed by atoms with E-state index in [9.17, 15) is 13.6 Å². The maximum atomic E-state index is 13.7. The van der Waals surface area contributed by atoms with Gasteiger partial charge >= 0.3 is 0 Å².